The van der Waals surface area contributed by atoms with Crippen LogP contribution in [0.3, 0.4) is 0 Å². The largest absolute Gasteiger partial charge is 0.368 e. The first-order valence-corrected chi connectivity index (χ1v) is 16.8. The number of amides is 3. The summed E-state index contributed by atoms with van der Waals surface area (Å²) in [5, 5.41) is 2.68. The molecule has 4 aromatic rings. The molecule has 2 aromatic heterocycles. The van der Waals surface area contributed by atoms with E-state index in [0.29, 0.717) is 17.1 Å². The highest BCUT2D eigenvalue weighted by Gasteiger charge is 2.53. The maximum atomic E-state index is 14.5. The van der Waals surface area contributed by atoms with E-state index in [2.05, 4.69) is 20.3 Å². The van der Waals surface area contributed by atoms with Gasteiger partial charge in [-0.25, -0.2) is 28.3 Å². The van der Waals surface area contributed by atoms with Gasteiger partial charge in [-0.3, -0.25) is 19.0 Å². The summed E-state index contributed by atoms with van der Waals surface area (Å²) in [6.45, 7) is 5.02. The van der Waals surface area contributed by atoms with Crippen molar-refractivity contribution in [2.75, 3.05) is 11.4 Å². The number of imidazole rings is 1. The van der Waals surface area contributed by atoms with Gasteiger partial charge in [0.25, 0.3) is 15.9 Å². The van der Waals surface area contributed by atoms with Crippen LogP contribution in [0.2, 0.25) is 5.02 Å². The fourth-order valence-corrected chi connectivity index (χ4v) is 8.37. The molecule has 6 rings (SSSR count). The summed E-state index contributed by atoms with van der Waals surface area (Å²) in [6.07, 6.45) is 6.86. The number of hydrogen-bond acceptors (Lipinski definition) is 8. The Bertz CT molecular complexity index is 1970. The quantitative estimate of drug-likeness (QED) is 0.272. The Morgan fingerprint density at radius 1 is 1.11 bits per heavy atom. The van der Waals surface area contributed by atoms with Gasteiger partial charge in [0.2, 0.25) is 17.8 Å². The average Bonchev–Trinajstić information content (AvgIpc) is 3.75. The Hall–Kier alpha value is -4.66. The number of aryl methyl sites for hydroxylation is 1. The molecule has 1 saturated heterocycles. The van der Waals surface area contributed by atoms with E-state index < -0.39 is 45.4 Å². The van der Waals surface area contributed by atoms with Crippen molar-refractivity contribution in [1.29, 1.82) is 0 Å². The summed E-state index contributed by atoms with van der Waals surface area (Å²) < 4.78 is 31.4. The van der Waals surface area contributed by atoms with Crippen molar-refractivity contribution in [2.24, 2.45) is 5.73 Å². The third-order valence-corrected chi connectivity index (χ3v) is 10.7. The lowest BCUT2D eigenvalue weighted by Gasteiger charge is -2.29. The fourth-order valence-electron chi connectivity index (χ4n) is 6.24. The number of halogens is 1. The highest BCUT2D eigenvalue weighted by Crippen LogP contribution is 2.45. The van der Waals surface area contributed by atoms with Gasteiger partial charge in [0.1, 0.15) is 23.9 Å². The van der Waals surface area contributed by atoms with Gasteiger partial charge in [-0.1, -0.05) is 35.9 Å². The Morgan fingerprint density at radius 2 is 1.81 bits per heavy atom. The van der Waals surface area contributed by atoms with Crippen LogP contribution >= 0.6 is 11.6 Å². The number of primary amides is 1. The molecule has 0 saturated carbocycles. The van der Waals surface area contributed by atoms with Crippen LogP contribution in [0, 0.1) is 6.92 Å². The molecule has 3 atom stereocenters. The van der Waals surface area contributed by atoms with Gasteiger partial charge in [0, 0.05) is 35.9 Å². The number of hydrogen-bond donors (Lipinski definition) is 2. The summed E-state index contributed by atoms with van der Waals surface area (Å²) >= 11 is 6.39. The molecule has 0 spiro atoms. The number of benzene rings is 2. The minimum atomic E-state index is -4.38. The molecule has 4 heterocycles. The number of nitrogens with one attached hydrogen (secondary N) is 1. The van der Waals surface area contributed by atoms with Crippen molar-refractivity contribution in [3.8, 4) is 11.1 Å². The maximum Gasteiger partial charge on any atom is 0.261 e. The van der Waals surface area contributed by atoms with Crippen molar-refractivity contribution < 1.29 is 22.8 Å². The van der Waals surface area contributed by atoms with Gasteiger partial charge in [-0.15, -0.1) is 0 Å². The lowest BCUT2D eigenvalue weighted by atomic mass is 9.91. The van der Waals surface area contributed by atoms with Crippen LogP contribution < -0.4 is 16.0 Å². The number of carbonyl (C=O) groups is 3. The van der Waals surface area contributed by atoms with Gasteiger partial charge >= 0.3 is 0 Å². The number of anilines is 2. The van der Waals surface area contributed by atoms with Crippen molar-refractivity contribution in [2.45, 2.75) is 62.7 Å². The number of nitrogens with two attached hydrogens (primary N) is 1. The van der Waals surface area contributed by atoms with E-state index in [1.54, 1.807) is 37.5 Å². The fraction of sp³-hybridized carbons (Fsp3) is 0.312. The molecule has 0 unspecified atom stereocenters. The molecular formula is C32H33ClN8O5S. The van der Waals surface area contributed by atoms with Gasteiger partial charge < -0.3 is 11.1 Å². The monoisotopic (exact) mass is 676 g/mol. The SMILES string of the molecule is Cc1cc(Cl)cc(N2C(=O)[C@@](C)(Cc3ccc(-c4cncnc4)cc3)n3c(S(=O)(=O)N4CCC[C@H]4C(=O)N[C@H](C)C(N)=O)cnc32)c1. The Balaban J connectivity index is 1.43. The van der Waals surface area contributed by atoms with E-state index in [0.717, 1.165) is 26.6 Å². The molecule has 15 heteroatoms. The summed E-state index contributed by atoms with van der Waals surface area (Å²) in [6, 6.07) is 10.6. The summed E-state index contributed by atoms with van der Waals surface area (Å²) in [7, 11) is -4.38. The van der Waals surface area contributed by atoms with E-state index in [1.165, 1.54) is 28.9 Å². The molecule has 3 amide bonds. The third-order valence-electron chi connectivity index (χ3n) is 8.61. The molecule has 2 aliphatic heterocycles. The maximum absolute atomic E-state index is 14.5. The number of nitrogens with zero attached hydrogens (tertiary/aromatic N) is 6. The van der Waals surface area contributed by atoms with Crippen molar-refractivity contribution >= 4 is 51.0 Å². The van der Waals surface area contributed by atoms with Crippen LogP contribution in [-0.4, -0.2) is 68.6 Å². The molecule has 3 N–H and O–H groups in total. The number of sulfonamides is 1. The van der Waals surface area contributed by atoms with Crippen LogP contribution in [0.25, 0.3) is 11.1 Å². The minimum Gasteiger partial charge on any atom is -0.368 e. The van der Waals surface area contributed by atoms with Crippen LogP contribution in [0.5, 0.6) is 0 Å². The third kappa shape index (κ3) is 5.77. The molecule has 0 radical (unpaired) electrons. The van der Waals surface area contributed by atoms with Gasteiger partial charge in [-0.05, 0) is 68.5 Å². The second-order valence-corrected chi connectivity index (χ2v) is 14.3. The summed E-state index contributed by atoms with van der Waals surface area (Å²) in [5.74, 6) is -1.66. The second kappa shape index (κ2) is 12.2. The topological polar surface area (TPSA) is 173 Å². The second-order valence-electron chi connectivity index (χ2n) is 12.0. The first-order valence-electron chi connectivity index (χ1n) is 15.0. The van der Waals surface area contributed by atoms with E-state index >= 15 is 0 Å². The number of aromatic nitrogens is 4. The normalized spacial score (nSPS) is 20.3. The standard InChI is InChI=1S/C32H33ClN8O5S/c1-19-11-24(33)13-25(12-19)40-30(44)32(3,14-21-6-8-22(9-7-21)23-15-35-18-36-16-23)41-27(17-37-31(40)41)47(45,46)39-10-4-5-26(39)29(43)38-20(2)28(34)42/h6-9,11-13,15-18,20,26H,4-5,10,14H2,1-3H3,(H2,34,42)(H,38,43)/t20-,26+,32-/m1/s1. The molecule has 47 heavy (non-hydrogen) atoms. The van der Waals surface area contributed by atoms with E-state index in [9.17, 15) is 22.8 Å². The Morgan fingerprint density at radius 3 is 2.47 bits per heavy atom. The van der Waals surface area contributed by atoms with Crippen LogP contribution in [-0.2, 0) is 36.4 Å². The van der Waals surface area contributed by atoms with E-state index in [1.807, 2.05) is 31.2 Å². The first-order chi connectivity index (χ1) is 22.3. The number of carbonyl (C=O) groups excluding carboxylic acids is 3. The lowest BCUT2D eigenvalue weighted by Crippen LogP contribution is -2.51. The summed E-state index contributed by atoms with van der Waals surface area (Å²) in [4.78, 5) is 53.2. The van der Waals surface area contributed by atoms with Crippen LogP contribution in [0.15, 0.2) is 72.4 Å². The molecule has 2 aliphatic rings. The molecule has 1 fully saturated rings. The minimum absolute atomic E-state index is 0.0679. The van der Waals surface area contributed by atoms with E-state index in [-0.39, 0.29) is 30.4 Å². The first kappa shape index (κ1) is 32.3. The van der Waals surface area contributed by atoms with Gasteiger partial charge in [-0.2, -0.15) is 4.31 Å². The molecule has 13 nitrogen and oxygen atoms in total. The van der Waals surface area contributed by atoms with Crippen molar-refractivity contribution in [1.82, 2.24) is 29.1 Å². The highest BCUT2D eigenvalue weighted by molar-refractivity contribution is 7.89. The molecule has 244 valence electrons. The zero-order chi connectivity index (χ0) is 33.7. The zero-order valence-electron chi connectivity index (χ0n) is 25.9. The molecular weight excluding hydrogens is 644 g/mol. The number of rotatable bonds is 9. The van der Waals surface area contributed by atoms with Crippen molar-refractivity contribution in [3.63, 3.8) is 0 Å². The Kier molecular flexibility index (Phi) is 8.36. The van der Waals surface area contributed by atoms with Crippen LogP contribution in [0.4, 0.5) is 11.6 Å². The molecule has 0 bridgehead atoms. The Labute approximate surface area is 276 Å². The van der Waals surface area contributed by atoms with Gasteiger partial charge in [0.15, 0.2) is 5.03 Å². The highest BCUT2D eigenvalue weighted by atomic mass is 35.5. The molecule has 2 aromatic carbocycles. The predicted octanol–water partition coefficient (Wildman–Crippen LogP) is 3.08. The number of fused-ring (bicyclic) bond motifs is 1. The summed E-state index contributed by atoms with van der Waals surface area (Å²) in [5.41, 5.74) is 7.59. The predicted molar refractivity (Wildman–Crippen MR) is 174 cm³/mol. The zero-order valence-corrected chi connectivity index (χ0v) is 27.5. The molecule has 0 aliphatic carbocycles. The van der Waals surface area contributed by atoms with Crippen LogP contribution in [0.1, 0.15) is 37.8 Å². The van der Waals surface area contributed by atoms with E-state index in [4.69, 9.17) is 17.3 Å². The van der Waals surface area contributed by atoms with Gasteiger partial charge in [0.05, 0.1) is 11.9 Å². The smallest absolute Gasteiger partial charge is 0.261 e. The lowest BCUT2D eigenvalue weighted by molar-refractivity contribution is -0.129. The average molecular weight is 677 g/mol. The van der Waals surface area contributed by atoms with Crippen molar-refractivity contribution in [3.05, 3.63) is 83.5 Å².